The lowest BCUT2D eigenvalue weighted by molar-refractivity contribution is -0.150. The number of hydrogen-bond acceptors (Lipinski definition) is 5. The van der Waals surface area contributed by atoms with E-state index in [9.17, 15) is 23.9 Å². The van der Waals surface area contributed by atoms with Gasteiger partial charge in [-0.15, -0.1) is 0 Å². The quantitative estimate of drug-likeness (QED) is 0.316. The van der Waals surface area contributed by atoms with Crippen molar-refractivity contribution in [3.8, 4) is 0 Å². The number of aliphatic hydroxyl groups excluding tert-OH is 1. The number of fused-ring (bicyclic) bond motifs is 1. The lowest BCUT2D eigenvalue weighted by Crippen LogP contribution is -2.57. The van der Waals surface area contributed by atoms with Crippen LogP contribution in [-0.4, -0.2) is 88.4 Å². The maximum absolute atomic E-state index is 14.4. The molecule has 0 aliphatic carbocycles. The summed E-state index contributed by atoms with van der Waals surface area (Å²) in [6.07, 6.45) is 4.50. The van der Waals surface area contributed by atoms with Crippen LogP contribution >= 0.6 is 0 Å². The van der Waals surface area contributed by atoms with Crippen molar-refractivity contribution in [1.29, 1.82) is 0 Å². The molecule has 3 amide bonds. The van der Waals surface area contributed by atoms with Crippen LogP contribution in [0.25, 0.3) is 10.8 Å². The average molecular weight is 617 g/mol. The van der Waals surface area contributed by atoms with Crippen LogP contribution < -0.4 is 5.73 Å². The molecular weight excluding hydrogens is 571 g/mol. The number of nitrogens with zero attached hydrogens (tertiary/aromatic N) is 3. The maximum Gasteiger partial charge on any atom is 0.246 e. The third kappa shape index (κ3) is 9.22. The SMILES string of the molecule is CN(C(=O)/C=C/CC(C)(C)N)[C@H](Cc1ccc2ccccc2c1)C(=O)N(C)[C@H](Cc1ccc(F)cc1)C(=O)N1CCC(O)CC1. The topological polar surface area (TPSA) is 107 Å². The highest BCUT2D eigenvalue weighted by Crippen LogP contribution is 2.22. The number of benzene rings is 3. The van der Waals surface area contributed by atoms with Gasteiger partial charge in [0.1, 0.15) is 17.9 Å². The highest BCUT2D eigenvalue weighted by Gasteiger charge is 2.37. The first kappa shape index (κ1) is 33.8. The third-order valence-corrected chi connectivity index (χ3v) is 8.47. The van der Waals surface area contributed by atoms with Gasteiger partial charge in [0.15, 0.2) is 0 Å². The number of carbonyl (C=O) groups excluding carboxylic acids is 3. The summed E-state index contributed by atoms with van der Waals surface area (Å²) in [4.78, 5) is 46.3. The van der Waals surface area contributed by atoms with Gasteiger partial charge >= 0.3 is 0 Å². The fourth-order valence-corrected chi connectivity index (χ4v) is 5.63. The number of halogens is 1. The molecule has 3 aromatic carbocycles. The van der Waals surface area contributed by atoms with Crippen LogP contribution in [0.3, 0.4) is 0 Å². The molecule has 0 unspecified atom stereocenters. The van der Waals surface area contributed by atoms with Gasteiger partial charge in [0.2, 0.25) is 17.7 Å². The Bertz CT molecular complexity index is 1510. The molecule has 0 radical (unpaired) electrons. The number of rotatable bonds is 11. The van der Waals surface area contributed by atoms with E-state index in [2.05, 4.69) is 0 Å². The molecule has 8 nitrogen and oxygen atoms in total. The van der Waals surface area contributed by atoms with Crippen LogP contribution in [0.1, 0.15) is 44.2 Å². The summed E-state index contributed by atoms with van der Waals surface area (Å²) < 4.78 is 13.7. The highest BCUT2D eigenvalue weighted by molar-refractivity contribution is 5.95. The van der Waals surface area contributed by atoms with E-state index in [1.54, 1.807) is 37.2 Å². The van der Waals surface area contributed by atoms with E-state index in [4.69, 9.17) is 5.73 Å². The summed E-state index contributed by atoms with van der Waals surface area (Å²) in [5, 5.41) is 12.1. The van der Waals surface area contributed by atoms with Gasteiger partial charge in [0, 0.05) is 45.6 Å². The minimum absolute atomic E-state index is 0.173. The smallest absolute Gasteiger partial charge is 0.246 e. The predicted octanol–water partition coefficient (Wildman–Crippen LogP) is 4.09. The van der Waals surface area contributed by atoms with E-state index in [0.29, 0.717) is 37.9 Å². The zero-order valence-electron chi connectivity index (χ0n) is 26.7. The minimum Gasteiger partial charge on any atom is -0.393 e. The largest absolute Gasteiger partial charge is 0.393 e. The van der Waals surface area contributed by atoms with E-state index in [1.165, 1.54) is 28.0 Å². The van der Waals surface area contributed by atoms with Gasteiger partial charge in [-0.1, -0.05) is 60.7 Å². The molecule has 1 heterocycles. The zero-order valence-corrected chi connectivity index (χ0v) is 26.7. The molecule has 1 aliphatic rings. The Morgan fingerprint density at radius 1 is 0.933 bits per heavy atom. The first-order valence-corrected chi connectivity index (χ1v) is 15.5. The van der Waals surface area contributed by atoms with Gasteiger partial charge in [-0.25, -0.2) is 4.39 Å². The normalized spacial score (nSPS) is 15.7. The molecule has 3 N–H and O–H groups in total. The summed E-state index contributed by atoms with van der Waals surface area (Å²) in [5.74, 6) is -1.37. The summed E-state index contributed by atoms with van der Waals surface area (Å²) in [6.45, 7) is 4.49. The number of likely N-dealkylation sites (tertiary alicyclic amines) is 1. The lowest BCUT2D eigenvalue weighted by Gasteiger charge is -2.38. The van der Waals surface area contributed by atoms with Crippen molar-refractivity contribution in [2.45, 2.75) is 69.7 Å². The molecule has 0 saturated carbocycles. The van der Waals surface area contributed by atoms with Crippen molar-refractivity contribution >= 4 is 28.5 Å². The molecule has 9 heteroatoms. The number of nitrogens with two attached hydrogens (primary N) is 1. The maximum atomic E-state index is 14.4. The number of aliphatic hydroxyl groups is 1. The standard InChI is InChI=1S/C36H45FN4O4/c1-36(2,38)19-7-10-33(43)39(3)31(24-26-11-14-27-8-5-6-9-28(27)22-26)34(44)40(4)32(23-25-12-15-29(37)16-13-25)35(45)41-20-17-30(42)18-21-41/h5-16,22,30-32,42H,17-21,23-24,38H2,1-4H3/b10-7+/t31-,32-/m1/s1. The average Bonchev–Trinajstić information content (AvgIpc) is 3.01. The van der Waals surface area contributed by atoms with Gasteiger partial charge in [0.05, 0.1) is 6.10 Å². The number of hydrogen-bond donors (Lipinski definition) is 2. The second kappa shape index (κ2) is 14.8. The molecule has 0 spiro atoms. The summed E-state index contributed by atoms with van der Waals surface area (Å²) >= 11 is 0. The Hall–Kier alpha value is -4.08. The molecule has 1 fully saturated rings. The third-order valence-electron chi connectivity index (χ3n) is 8.47. The molecule has 45 heavy (non-hydrogen) atoms. The van der Waals surface area contributed by atoms with Gasteiger partial charge in [-0.05, 0) is 73.2 Å². The zero-order chi connectivity index (χ0) is 32.7. The molecule has 1 aliphatic heterocycles. The predicted molar refractivity (Wildman–Crippen MR) is 175 cm³/mol. The second-order valence-corrected chi connectivity index (χ2v) is 12.8. The molecule has 240 valence electrons. The van der Waals surface area contributed by atoms with Crippen molar-refractivity contribution < 1.29 is 23.9 Å². The van der Waals surface area contributed by atoms with Crippen LogP contribution in [0.2, 0.25) is 0 Å². The van der Waals surface area contributed by atoms with E-state index in [1.807, 2.05) is 56.3 Å². The minimum atomic E-state index is -0.911. The molecule has 0 aromatic heterocycles. The second-order valence-electron chi connectivity index (χ2n) is 12.8. The molecule has 0 bridgehead atoms. The molecule has 3 aromatic rings. The molecule has 1 saturated heterocycles. The van der Waals surface area contributed by atoms with Crippen molar-refractivity contribution in [1.82, 2.24) is 14.7 Å². The Morgan fingerprint density at radius 2 is 1.53 bits per heavy atom. The van der Waals surface area contributed by atoms with Crippen LogP contribution in [0.5, 0.6) is 0 Å². The Labute approximate surface area is 265 Å². The fourth-order valence-electron chi connectivity index (χ4n) is 5.63. The molecule has 4 rings (SSSR count). The van der Waals surface area contributed by atoms with Crippen molar-refractivity contribution in [2.24, 2.45) is 5.73 Å². The number of likely N-dealkylation sites (N-methyl/N-ethyl adjacent to an activating group) is 2. The van der Waals surface area contributed by atoms with E-state index >= 15 is 0 Å². The Morgan fingerprint density at radius 3 is 2.18 bits per heavy atom. The van der Waals surface area contributed by atoms with Gasteiger partial charge in [-0.3, -0.25) is 14.4 Å². The Balaban J connectivity index is 1.66. The van der Waals surface area contributed by atoms with Crippen LogP contribution in [-0.2, 0) is 27.2 Å². The van der Waals surface area contributed by atoms with Gasteiger partial charge in [0.25, 0.3) is 0 Å². The first-order valence-electron chi connectivity index (χ1n) is 15.5. The Kier molecular flexibility index (Phi) is 11.1. The number of amides is 3. The molecular formula is C36H45FN4O4. The van der Waals surface area contributed by atoms with E-state index in [-0.39, 0.29) is 30.6 Å². The van der Waals surface area contributed by atoms with Crippen LogP contribution in [0.4, 0.5) is 4.39 Å². The van der Waals surface area contributed by atoms with E-state index in [0.717, 1.165) is 16.3 Å². The van der Waals surface area contributed by atoms with Gasteiger partial charge < -0.3 is 25.5 Å². The summed E-state index contributed by atoms with van der Waals surface area (Å²) in [5.41, 5.74) is 7.17. The van der Waals surface area contributed by atoms with Crippen LogP contribution in [0, 0.1) is 5.82 Å². The highest BCUT2D eigenvalue weighted by atomic mass is 19.1. The van der Waals surface area contributed by atoms with E-state index < -0.39 is 29.5 Å². The lowest BCUT2D eigenvalue weighted by atomic mass is 9.97. The number of piperidine rings is 1. The summed E-state index contributed by atoms with van der Waals surface area (Å²) in [6, 6.07) is 18.0. The fraction of sp³-hybridized carbons (Fsp3) is 0.417. The van der Waals surface area contributed by atoms with Crippen LogP contribution in [0.15, 0.2) is 78.9 Å². The number of carbonyl (C=O) groups is 3. The monoisotopic (exact) mass is 616 g/mol. The molecule has 2 atom stereocenters. The summed E-state index contributed by atoms with van der Waals surface area (Å²) in [7, 11) is 3.19. The van der Waals surface area contributed by atoms with Crippen molar-refractivity contribution in [3.05, 3.63) is 95.8 Å². The first-order chi connectivity index (χ1) is 21.3. The van der Waals surface area contributed by atoms with Gasteiger partial charge in [-0.2, -0.15) is 0 Å². The van der Waals surface area contributed by atoms with Crippen molar-refractivity contribution in [3.63, 3.8) is 0 Å². The van der Waals surface area contributed by atoms with Crippen molar-refractivity contribution in [2.75, 3.05) is 27.2 Å².